The van der Waals surface area contributed by atoms with E-state index in [0.717, 1.165) is 42.9 Å². The molecular weight excluding hydrogens is 372 g/mol. The number of aromatic nitrogens is 5. The van der Waals surface area contributed by atoms with Gasteiger partial charge in [-0.3, -0.25) is 14.5 Å². The normalized spacial score (nSPS) is 16.9. The van der Waals surface area contributed by atoms with Crippen molar-refractivity contribution in [3.8, 4) is 11.6 Å². The van der Waals surface area contributed by atoms with Crippen LogP contribution in [-0.2, 0) is 36.1 Å². The van der Waals surface area contributed by atoms with Crippen molar-refractivity contribution in [2.45, 2.75) is 38.3 Å². The van der Waals surface area contributed by atoms with E-state index in [1.807, 2.05) is 24.1 Å². The monoisotopic (exact) mass is 394 g/mol. The number of rotatable bonds is 4. The molecule has 0 bridgehead atoms. The molecule has 2 aliphatic rings. The van der Waals surface area contributed by atoms with Crippen molar-refractivity contribution in [1.29, 1.82) is 0 Å². The summed E-state index contributed by atoms with van der Waals surface area (Å²) in [6, 6.07) is 3.76. The Morgan fingerprint density at radius 3 is 2.93 bits per heavy atom. The molecule has 3 aromatic rings. The van der Waals surface area contributed by atoms with Crippen LogP contribution in [0.2, 0.25) is 0 Å². The molecule has 3 aromatic heterocycles. The first-order chi connectivity index (χ1) is 14.2. The molecule has 0 N–H and O–H groups in total. The number of fused-ring (bicyclic) bond motifs is 1. The number of aryl methyl sites for hydroxylation is 1. The van der Waals surface area contributed by atoms with Gasteiger partial charge in [-0.25, -0.2) is 0 Å². The van der Waals surface area contributed by atoms with Crippen LogP contribution >= 0.6 is 0 Å². The highest BCUT2D eigenvalue weighted by Crippen LogP contribution is 2.33. The molecule has 0 unspecified atom stereocenters. The molecule has 2 aliphatic heterocycles. The van der Waals surface area contributed by atoms with Gasteiger partial charge in [-0.15, -0.1) is 0 Å². The molecule has 1 saturated heterocycles. The summed E-state index contributed by atoms with van der Waals surface area (Å²) in [4.78, 5) is 23.3. The minimum Gasteiger partial charge on any atom is -0.381 e. The number of nitrogens with zero attached hydrogens (tertiary/aromatic N) is 6. The van der Waals surface area contributed by atoms with Crippen LogP contribution in [0.5, 0.6) is 0 Å². The van der Waals surface area contributed by atoms with Gasteiger partial charge < -0.3 is 14.2 Å². The summed E-state index contributed by atoms with van der Waals surface area (Å²) in [5, 5.41) is 8.77. The molecule has 150 valence electrons. The lowest BCUT2D eigenvalue weighted by Gasteiger charge is -2.18. The molecule has 9 heteroatoms. The zero-order chi connectivity index (χ0) is 19.8. The van der Waals surface area contributed by atoms with Gasteiger partial charge >= 0.3 is 0 Å². The third-order valence-electron chi connectivity index (χ3n) is 5.63. The van der Waals surface area contributed by atoms with Gasteiger partial charge in [-0.05, 0) is 24.5 Å². The lowest BCUT2D eigenvalue weighted by molar-refractivity contribution is -0.131. The second kappa shape index (κ2) is 7.40. The second-order valence-corrected chi connectivity index (χ2v) is 7.53. The van der Waals surface area contributed by atoms with Crippen LogP contribution in [0.25, 0.3) is 11.6 Å². The molecule has 0 saturated carbocycles. The Labute approximate surface area is 167 Å². The lowest BCUT2D eigenvalue weighted by atomic mass is 10.00. The van der Waals surface area contributed by atoms with E-state index in [0.29, 0.717) is 36.9 Å². The molecule has 0 atom stereocenters. The van der Waals surface area contributed by atoms with Crippen molar-refractivity contribution in [3.05, 3.63) is 47.2 Å². The number of carbonyl (C=O) groups excluding carboxylic acids is 1. The van der Waals surface area contributed by atoms with E-state index in [9.17, 15) is 4.79 Å². The Balaban J connectivity index is 1.35. The molecule has 0 radical (unpaired) electrons. The SMILES string of the molecule is Cn1nc(-c2nc(C3CCOCC3)no2)c2c1CN(C(=O)Cc1cccnc1)C2. The van der Waals surface area contributed by atoms with E-state index >= 15 is 0 Å². The van der Waals surface area contributed by atoms with E-state index < -0.39 is 0 Å². The van der Waals surface area contributed by atoms with Crippen LogP contribution in [-0.4, -0.2) is 48.9 Å². The maximum Gasteiger partial charge on any atom is 0.278 e. The number of pyridine rings is 1. The van der Waals surface area contributed by atoms with Gasteiger partial charge in [0.15, 0.2) is 11.5 Å². The second-order valence-electron chi connectivity index (χ2n) is 7.53. The lowest BCUT2D eigenvalue weighted by Crippen LogP contribution is -2.27. The highest BCUT2D eigenvalue weighted by molar-refractivity contribution is 5.79. The van der Waals surface area contributed by atoms with Crippen LogP contribution in [0.15, 0.2) is 29.0 Å². The number of hydrogen-bond donors (Lipinski definition) is 0. The molecule has 29 heavy (non-hydrogen) atoms. The van der Waals surface area contributed by atoms with E-state index in [2.05, 4.69) is 20.2 Å². The fourth-order valence-corrected chi connectivity index (χ4v) is 3.98. The van der Waals surface area contributed by atoms with E-state index in [1.165, 1.54) is 0 Å². The first kappa shape index (κ1) is 18.0. The summed E-state index contributed by atoms with van der Waals surface area (Å²) in [6.45, 7) is 2.47. The topological polar surface area (TPSA) is 99.2 Å². The Bertz CT molecular complexity index is 1020. The summed E-state index contributed by atoms with van der Waals surface area (Å²) in [7, 11) is 1.88. The summed E-state index contributed by atoms with van der Waals surface area (Å²) in [6.07, 6.45) is 5.56. The smallest absolute Gasteiger partial charge is 0.278 e. The van der Waals surface area contributed by atoms with E-state index in [1.54, 1.807) is 17.1 Å². The van der Waals surface area contributed by atoms with Crippen LogP contribution in [0, 0.1) is 0 Å². The van der Waals surface area contributed by atoms with Crippen LogP contribution in [0.4, 0.5) is 0 Å². The Morgan fingerprint density at radius 2 is 2.14 bits per heavy atom. The van der Waals surface area contributed by atoms with Crippen molar-refractivity contribution >= 4 is 5.91 Å². The predicted molar refractivity (Wildman–Crippen MR) is 101 cm³/mol. The molecule has 9 nitrogen and oxygen atoms in total. The Kier molecular flexibility index (Phi) is 4.59. The molecule has 5 rings (SSSR count). The van der Waals surface area contributed by atoms with Crippen LogP contribution < -0.4 is 0 Å². The van der Waals surface area contributed by atoms with Crippen LogP contribution in [0.3, 0.4) is 0 Å². The van der Waals surface area contributed by atoms with Crippen molar-refractivity contribution in [1.82, 2.24) is 29.8 Å². The summed E-state index contributed by atoms with van der Waals surface area (Å²) >= 11 is 0. The van der Waals surface area contributed by atoms with Gasteiger partial charge in [0, 0.05) is 44.1 Å². The third-order valence-corrected chi connectivity index (χ3v) is 5.63. The Morgan fingerprint density at radius 1 is 1.28 bits per heavy atom. The van der Waals surface area contributed by atoms with Gasteiger partial charge in [0.2, 0.25) is 5.91 Å². The maximum atomic E-state index is 12.8. The third kappa shape index (κ3) is 3.42. The number of hydrogen-bond acceptors (Lipinski definition) is 7. The zero-order valence-electron chi connectivity index (χ0n) is 16.2. The van der Waals surface area contributed by atoms with Crippen molar-refractivity contribution in [2.24, 2.45) is 7.05 Å². The summed E-state index contributed by atoms with van der Waals surface area (Å²) in [5.41, 5.74) is 3.56. The summed E-state index contributed by atoms with van der Waals surface area (Å²) in [5.74, 6) is 1.46. The minimum absolute atomic E-state index is 0.0635. The van der Waals surface area contributed by atoms with Gasteiger partial charge in [0.25, 0.3) is 5.89 Å². The molecule has 0 aromatic carbocycles. The van der Waals surface area contributed by atoms with Crippen molar-refractivity contribution < 1.29 is 14.1 Å². The zero-order valence-corrected chi connectivity index (χ0v) is 16.2. The Hall–Kier alpha value is -3.07. The fourth-order valence-electron chi connectivity index (χ4n) is 3.98. The molecule has 5 heterocycles. The largest absolute Gasteiger partial charge is 0.381 e. The highest BCUT2D eigenvalue weighted by Gasteiger charge is 2.32. The van der Waals surface area contributed by atoms with E-state index in [-0.39, 0.29) is 11.8 Å². The van der Waals surface area contributed by atoms with Gasteiger partial charge in [0.05, 0.1) is 25.2 Å². The van der Waals surface area contributed by atoms with Crippen molar-refractivity contribution in [3.63, 3.8) is 0 Å². The van der Waals surface area contributed by atoms with Gasteiger partial charge in [-0.1, -0.05) is 11.2 Å². The first-order valence-electron chi connectivity index (χ1n) is 9.82. The van der Waals surface area contributed by atoms with E-state index in [4.69, 9.17) is 9.26 Å². The van der Waals surface area contributed by atoms with Crippen molar-refractivity contribution in [2.75, 3.05) is 13.2 Å². The quantitative estimate of drug-likeness (QED) is 0.666. The van der Waals surface area contributed by atoms with Gasteiger partial charge in [-0.2, -0.15) is 10.1 Å². The average molecular weight is 394 g/mol. The summed E-state index contributed by atoms with van der Waals surface area (Å²) < 4.78 is 12.8. The molecule has 1 amide bonds. The number of ether oxygens (including phenoxy) is 1. The average Bonchev–Trinajstić information content (AvgIpc) is 3.46. The molecule has 0 spiro atoms. The molecular formula is C20H22N6O3. The maximum absolute atomic E-state index is 12.8. The minimum atomic E-state index is 0.0635. The highest BCUT2D eigenvalue weighted by atomic mass is 16.5. The standard InChI is InChI=1S/C20H22N6O3/c1-25-16-12-26(17(27)9-13-3-2-6-21-10-13)11-15(16)18(23-25)20-22-19(24-29-20)14-4-7-28-8-5-14/h2-3,6,10,14H,4-5,7-9,11-12H2,1H3. The first-order valence-corrected chi connectivity index (χ1v) is 9.82. The predicted octanol–water partition coefficient (Wildman–Crippen LogP) is 1.84. The number of carbonyl (C=O) groups is 1. The molecule has 0 aliphatic carbocycles. The fraction of sp³-hybridized carbons (Fsp3) is 0.450. The van der Waals surface area contributed by atoms with Gasteiger partial charge in [0.1, 0.15) is 0 Å². The molecule has 1 fully saturated rings. The number of amides is 1. The van der Waals surface area contributed by atoms with Crippen LogP contribution in [0.1, 0.15) is 41.4 Å².